The Morgan fingerprint density at radius 1 is 0.917 bits per heavy atom. The normalized spacial score (nSPS) is 15.2. The molecule has 0 atom stereocenters. The predicted molar refractivity (Wildman–Crippen MR) is 93.9 cm³/mol. The fourth-order valence-electron chi connectivity index (χ4n) is 2.83. The lowest BCUT2D eigenvalue weighted by atomic mass is 10.2. The monoisotopic (exact) mass is 326 g/mol. The van der Waals surface area contributed by atoms with Crippen LogP contribution in [0.25, 0.3) is 0 Å². The molecule has 1 N–H and O–H groups in total. The molecule has 1 aliphatic rings. The molecule has 0 unspecified atom stereocenters. The second-order valence-corrected chi connectivity index (χ2v) is 5.88. The van der Waals surface area contributed by atoms with E-state index in [1.165, 1.54) is 5.69 Å². The molecule has 2 aromatic carbocycles. The highest BCUT2D eigenvalue weighted by molar-refractivity contribution is 5.66. The van der Waals surface area contributed by atoms with Crippen LogP contribution in [0.2, 0.25) is 0 Å². The maximum Gasteiger partial charge on any atom is 0.304 e. The van der Waals surface area contributed by atoms with Crippen LogP contribution in [0.15, 0.2) is 54.6 Å². The van der Waals surface area contributed by atoms with Gasteiger partial charge >= 0.3 is 5.97 Å². The highest BCUT2D eigenvalue weighted by Gasteiger charge is 2.17. The second-order valence-electron chi connectivity index (χ2n) is 5.88. The average Bonchev–Trinajstić information content (AvgIpc) is 2.62. The smallest absolute Gasteiger partial charge is 0.304 e. The third-order valence-corrected chi connectivity index (χ3v) is 4.19. The van der Waals surface area contributed by atoms with Gasteiger partial charge in [0.15, 0.2) is 0 Å². The van der Waals surface area contributed by atoms with E-state index in [1.54, 1.807) is 0 Å². The van der Waals surface area contributed by atoms with Gasteiger partial charge in [-0.25, -0.2) is 0 Å². The van der Waals surface area contributed by atoms with Crippen molar-refractivity contribution in [3.05, 3.63) is 54.6 Å². The van der Waals surface area contributed by atoms with E-state index in [0.29, 0.717) is 6.54 Å². The summed E-state index contributed by atoms with van der Waals surface area (Å²) in [6.07, 6.45) is 0.214. The second kappa shape index (κ2) is 7.84. The molecule has 0 spiro atoms. The molecule has 5 nitrogen and oxygen atoms in total. The van der Waals surface area contributed by atoms with E-state index < -0.39 is 5.97 Å². The van der Waals surface area contributed by atoms with Crippen molar-refractivity contribution >= 4 is 11.7 Å². The summed E-state index contributed by atoms with van der Waals surface area (Å²) in [7, 11) is 0. The van der Waals surface area contributed by atoms with Crippen molar-refractivity contribution in [2.75, 3.05) is 37.6 Å². The molecule has 1 aliphatic heterocycles. The van der Waals surface area contributed by atoms with Crippen LogP contribution in [0.4, 0.5) is 5.69 Å². The van der Waals surface area contributed by atoms with Gasteiger partial charge in [-0.3, -0.25) is 9.69 Å². The largest absolute Gasteiger partial charge is 0.481 e. The van der Waals surface area contributed by atoms with E-state index in [-0.39, 0.29) is 6.42 Å². The van der Waals surface area contributed by atoms with E-state index in [4.69, 9.17) is 9.84 Å². The van der Waals surface area contributed by atoms with E-state index >= 15 is 0 Å². The number of carboxylic acid groups (broad SMARTS) is 1. The van der Waals surface area contributed by atoms with Gasteiger partial charge in [0, 0.05) is 38.4 Å². The van der Waals surface area contributed by atoms with Gasteiger partial charge in [0.25, 0.3) is 0 Å². The maximum absolute atomic E-state index is 10.6. The van der Waals surface area contributed by atoms with E-state index in [2.05, 4.69) is 21.9 Å². The van der Waals surface area contributed by atoms with Crippen LogP contribution in [-0.4, -0.2) is 48.7 Å². The van der Waals surface area contributed by atoms with Gasteiger partial charge in [0.2, 0.25) is 0 Å². The molecule has 0 bridgehead atoms. The molecule has 126 valence electrons. The molecule has 1 fully saturated rings. The Bertz CT molecular complexity index is 650. The Morgan fingerprint density at radius 2 is 1.54 bits per heavy atom. The molecule has 1 saturated heterocycles. The summed E-state index contributed by atoms with van der Waals surface area (Å²) >= 11 is 0. The highest BCUT2D eigenvalue weighted by atomic mass is 16.5. The number of benzene rings is 2. The van der Waals surface area contributed by atoms with E-state index in [9.17, 15) is 4.79 Å². The SMILES string of the molecule is O=C(O)CCN1CCN(c2ccc(Oc3ccccc3)cc2)CC1. The summed E-state index contributed by atoms with van der Waals surface area (Å²) in [5, 5.41) is 8.76. The quantitative estimate of drug-likeness (QED) is 0.884. The molecule has 1 heterocycles. The Kier molecular flexibility index (Phi) is 5.33. The summed E-state index contributed by atoms with van der Waals surface area (Å²) < 4.78 is 5.81. The third-order valence-electron chi connectivity index (χ3n) is 4.19. The van der Waals surface area contributed by atoms with Gasteiger partial charge in [-0.05, 0) is 36.4 Å². The van der Waals surface area contributed by atoms with Gasteiger partial charge < -0.3 is 14.7 Å². The first kappa shape index (κ1) is 16.3. The lowest BCUT2D eigenvalue weighted by Gasteiger charge is -2.35. The summed E-state index contributed by atoms with van der Waals surface area (Å²) in [4.78, 5) is 15.2. The molecule has 2 aromatic rings. The van der Waals surface area contributed by atoms with E-state index in [0.717, 1.165) is 37.7 Å². The number of piperazine rings is 1. The fraction of sp³-hybridized carbons (Fsp3) is 0.316. The number of anilines is 1. The van der Waals surface area contributed by atoms with Crippen LogP contribution < -0.4 is 9.64 Å². The summed E-state index contributed by atoms with van der Waals surface area (Å²) in [6.45, 7) is 4.26. The minimum atomic E-state index is -0.730. The van der Waals surface area contributed by atoms with Gasteiger partial charge in [-0.2, -0.15) is 0 Å². The molecule has 0 aromatic heterocycles. The predicted octanol–water partition coefficient (Wildman–Crippen LogP) is 3.08. The first-order chi connectivity index (χ1) is 11.7. The zero-order valence-electron chi connectivity index (χ0n) is 13.6. The molecule has 0 aliphatic carbocycles. The number of aliphatic carboxylic acids is 1. The minimum Gasteiger partial charge on any atom is -0.481 e. The van der Waals surface area contributed by atoms with Crippen LogP contribution in [-0.2, 0) is 4.79 Å². The Hall–Kier alpha value is -2.53. The zero-order valence-corrected chi connectivity index (χ0v) is 13.6. The lowest BCUT2D eigenvalue weighted by molar-refractivity contribution is -0.137. The molecule has 0 amide bonds. The number of hydrogen-bond donors (Lipinski definition) is 1. The van der Waals surface area contributed by atoms with Crippen molar-refractivity contribution in [3.8, 4) is 11.5 Å². The van der Waals surface area contributed by atoms with Crippen LogP contribution in [0.5, 0.6) is 11.5 Å². The number of carbonyl (C=O) groups is 1. The van der Waals surface area contributed by atoms with Crippen molar-refractivity contribution in [2.45, 2.75) is 6.42 Å². The Morgan fingerprint density at radius 3 is 2.17 bits per heavy atom. The number of ether oxygens (including phenoxy) is 1. The Labute approximate surface area is 142 Å². The number of rotatable bonds is 6. The van der Waals surface area contributed by atoms with Crippen molar-refractivity contribution in [1.29, 1.82) is 0 Å². The molecule has 5 heteroatoms. The molecule has 0 saturated carbocycles. The molecule has 0 radical (unpaired) electrons. The maximum atomic E-state index is 10.6. The number of para-hydroxylation sites is 1. The van der Waals surface area contributed by atoms with Gasteiger partial charge in [-0.1, -0.05) is 18.2 Å². The summed E-state index contributed by atoms with van der Waals surface area (Å²) in [6, 6.07) is 17.9. The topological polar surface area (TPSA) is 53.0 Å². The molecule has 24 heavy (non-hydrogen) atoms. The Balaban J connectivity index is 1.52. The van der Waals surface area contributed by atoms with Crippen molar-refractivity contribution in [3.63, 3.8) is 0 Å². The van der Waals surface area contributed by atoms with Gasteiger partial charge in [0.05, 0.1) is 6.42 Å². The first-order valence-electron chi connectivity index (χ1n) is 8.23. The third kappa shape index (κ3) is 4.49. The van der Waals surface area contributed by atoms with Crippen molar-refractivity contribution in [1.82, 2.24) is 4.90 Å². The minimum absolute atomic E-state index is 0.214. The summed E-state index contributed by atoms with van der Waals surface area (Å²) in [5.41, 5.74) is 1.17. The first-order valence-corrected chi connectivity index (χ1v) is 8.23. The van der Waals surface area contributed by atoms with Gasteiger partial charge in [-0.15, -0.1) is 0 Å². The van der Waals surface area contributed by atoms with Crippen LogP contribution in [0, 0.1) is 0 Å². The van der Waals surface area contributed by atoms with Crippen molar-refractivity contribution in [2.24, 2.45) is 0 Å². The fourth-order valence-corrected chi connectivity index (χ4v) is 2.83. The standard InChI is InChI=1S/C19H22N2O3/c22-19(23)10-11-20-12-14-21(15-13-20)16-6-8-18(9-7-16)24-17-4-2-1-3-5-17/h1-9H,10-15H2,(H,22,23). The van der Waals surface area contributed by atoms with Crippen LogP contribution >= 0.6 is 0 Å². The van der Waals surface area contributed by atoms with Crippen LogP contribution in [0.1, 0.15) is 6.42 Å². The molecular formula is C19H22N2O3. The van der Waals surface area contributed by atoms with Gasteiger partial charge in [0.1, 0.15) is 11.5 Å². The lowest BCUT2D eigenvalue weighted by Crippen LogP contribution is -2.46. The molecule has 3 rings (SSSR count). The number of carboxylic acids is 1. The zero-order chi connectivity index (χ0) is 16.8. The number of hydrogen-bond acceptors (Lipinski definition) is 4. The molecular weight excluding hydrogens is 304 g/mol. The number of nitrogens with zero attached hydrogens (tertiary/aromatic N) is 2. The van der Waals surface area contributed by atoms with Crippen molar-refractivity contribution < 1.29 is 14.6 Å². The summed E-state index contributed by atoms with van der Waals surface area (Å²) in [5.74, 6) is 0.925. The van der Waals surface area contributed by atoms with E-state index in [1.807, 2.05) is 42.5 Å². The van der Waals surface area contributed by atoms with Crippen LogP contribution in [0.3, 0.4) is 0 Å². The highest BCUT2D eigenvalue weighted by Crippen LogP contribution is 2.24. The average molecular weight is 326 g/mol.